The zero-order valence-electron chi connectivity index (χ0n) is 11.9. The van der Waals surface area contributed by atoms with Gasteiger partial charge in [0, 0.05) is 19.3 Å². The minimum absolute atomic E-state index is 0.00850. The Labute approximate surface area is 114 Å². The van der Waals surface area contributed by atoms with Crippen molar-refractivity contribution in [3.63, 3.8) is 0 Å². The van der Waals surface area contributed by atoms with Crippen molar-refractivity contribution < 1.29 is 9.53 Å². The number of anilines is 1. The van der Waals surface area contributed by atoms with Crippen LogP contribution in [-0.4, -0.2) is 25.2 Å². The summed E-state index contributed by atoms with van der Waals surface area (Å²) in [5.41, 5.74) is 3.01. The molecule has 104 valence electrons. The number of rotatable bonds is 4. The predicted octanol–water partition coefficient (Wildman–Crippen LogP) is 2.09. The van der Waals surface area contributed by atoms with Gasteiger partial charge in [-0.1, -0.05) is 12.1 Å². The minimum Gasteiger partial charge on any atom is -0.378 e. The zero-order chi connectivity index (χ0) is 13.9. The quantitative estimate of drug-likeness (QED) is 0.873. The van der Waals surface area contributed by atoms with E-state index in [9.17, 15) is 4.79 Å². The molecule has 1 aromatic rings. The molecule has 0 bridgehead atoms. The van der Waals surface area contributed by atoms with Gasteiger partial charge < -0.3 is 15.4 Å². The molecule has 2 N–H and O–H groups in total. The van der Waals surface area contributed by atoms with Crippen molar-refractivity contribution in [1.29, 1.82) is 0 Å². The largest absolute Gasteiger partial charge is 0.378 e. The fourth-order valence-electron chi connectivity index (χ4n) is 2.28. The summed E-state index contributed by atoms with van der Waals surface area (Å²) in [5.74, 6) is -0.00850. The molecule has 1 amide bonds. The Bertz CT molecular complexity index is 469. The van der Waals surface area contributed by atoms with E-state index in [1.807, 2.05) is 26.0 Å². The Hall–Kier alpha value is -1.39. The number of hydrogen-bond acceptors (Lipinski definition) is 3. The van der Waals surface area contributed by atoms with Gasteiger partial charge in [0.25, 0.3) is 0 Å². The minimum atomic E-state index is -0.433. The fourth-order valence-corrected chi connectivity index (χ4v) is 2.28. The highest BCUT2D eigenvalue weighted by atomic mass is 16.5. The Morgan fingerprint density at radius 1 is 1.47 bits per heavy atom. The first-order chi connectivity index (χ1) is 9.02. The lowest BCUT2D eigenvalue weighted by molar-refractivity contribution is -0.121. The van der Waals surface area contributed by atoms with E-state index in [1.165, 1.54) is 11.1 Å². The molecular formula is C15H22N2O2. The molecule has 0 radical (unpaired) electrons. The van der Waals surface area contributed by atoms with E-state index in [4.69, 9.17) is 4.74 Å². The molecule has 1 heterocycles. The molecule has 0 atom stereocenters. The highest BCUT2D eigenvalue weighted by Gasteiger charge is 2.22. The van der Waals surface area contributed by atoms with Crippen molar-refractivity contribution in [3.8, 4) is 0 Å². The molecule has 1 aromatic carbocycles. The van der Waals surface area contributed by atoms with Crippen LogP contribution in [0.4, 0.5) is 5.69 Å². The molecule has 1 aliphatic heterocycles. The van der Waals surface area contributed by atoms with Crippen LogP contribution in [0.25, 0.3) is 0 Å². The molecule has 0 aliphatic carbocycles. The first-order valence-corrected chi connectivity index (χ1v) is 6.68. The van der Waals surface area contributed by atoms with Crippen LogP contribution in [-0.2, 0) is 22.5 Å². The van der Waals surface area contributed by atoms with E-state index in [1.54, 1.807) is 7.11 Å². The maximum Gasteiger partial charge on any atom is 0.227 e. The second-order valence-electron chi connectivity index (χ2n) is 5.56. The molecular weight excluding hydrogens is 240 g/mol. The molecule has 19 heavy (non-hydrogen) atoms. The number of fused-ring (bicyclic) bond motifs is 1. The number of hydrogen-bond donors (Lipinski definition) is 2. The lowest BCUT2D eigenvalue weighted by Crippen LogP contribution is -2.30. The number of benzene rings is 1. The van der Waals surface area contributed by atoms with Crippen LogP contribution >= 0.6 is 0 Å². The van der Waals surface area contributed by atoms with Gasteiger partial charge in [-0.3, -0.25) is 4.79 Å². The molecule has 4 nitrogen and oxygen atoms in total. The summed E-state index contributed by atoms with van der Waals surface area (Å²) >= 11 is 0. The number of methoxy groups -OCH3 is 1. The number of ether oxygens (including phenoxy) is 1. The van der Waals surface area contributed by atoms with E-state index < -0.39 is 5.60 Å². The summed E-state index contributed by atoms with van der Waals surface area (Å²) in [4.78, 5) is 12.1. The normalized spacial score (nSPS) is 14.9. The smallest absolute Gasteiger partial charge is 0.227 e. The van der Waals surface area contributed by atoms with Gasteiger partial charge in [-0.15, -0.1) is 0 Å². The fraction of sp³-hybridized carbons (Fsp3) is 0.533. The Morgan fingerprint density at radius 2 is 2.26 bits per heavy atom. The Kier molecular flexibility index (Phi) is 4.22. The van der Waals surface area contributed by atoms with Crippen LogP contribution in [0.15, 0.2) is 18.2 Å². The second kappa shape index (κ2) is 5.72. The molecule has 0 spiro atoms. The topological polar surface area (TPSA) is 50.4 Å². The molecule has 0 saturated carbocycles. The molecule has 1 aliphatic rings. The number of amides is 1. The van der Waals surface area contributed by atoms with Crippen molar-refractivity contribution in [2.45, 2.75) is 38.8 Å². The van der Waals surface area contributed by atoms with Crippen LogP contribution in [0.1, 0.15) is 31.4 Å². The third kappa shape index (κ3) is 3.55. The summed E-state index contributed by atoms with van der Waals surface area (Å²) in [7, 11) is 1.63. The third-order valence-corrected chi connectivity index (χ3v) is 3.56. The molecule has 0 saturated heterocycles. The molecule has 0 fully saturated rings. The first kappa shape index (κ1) is 14.0. The molecule has 4 heteroatoms. The maximum atomic E-state index is 12.1. The molecule has 0 unspecified atom stereocenters. The van der Waals surface area contributed by atoms with Crippen LogP contribution in [0, 0.1) is 0 Å². The third-order valence-electron chi connectivity index (χ3n) is 3.56. The Morgan fingerprint density at radius 3 is 3.00 bits per heavy atom. The van der Waals surface area contributed by atoms with Crippen molar-refractivity contribution in [2.75, 3.05) is 19.0 Å². The van der Waals surface area contributed by atoms with Gasteiger partial charge in [-0.25, -0.2) is 0 Å². The summed E-state index contributed by atoms with van der Waals surface area (Å²) in [5, 5.41) is 6.34. The highest BCUT2D eigenvalue weighted by molar-refractivity contribution is 5.92. The number of carbonyl (C=O) groups is 1. The number of nitrogens with one attached hydrogen (secondary N) is 2. The van der Waals surface area contributed by atoms with Crippen LogP contribution in [0.2, 0.25) is 0 Å². The zero-order valence-corrected chi connectivity index (χ0v) is 11.9. The number of carbonyl (C=O) groups excluding carboxylic acids is 1. The van der Waals surface area contributed by atoms with Crippen molar-refractivity contribution in [3.05, 3.63) is 29.3 Å². The standard InChI is InChI=1S/C15H22N2O2/c1-15(2,19-3)9-14(18)17-13-6-4-5-11-7-8-16-10-12(11)13/h4-6,16H,7-10H2,1-3H3,(H,17,18). The summed E-state index contributed by atoms with van der Waals surface area (Å²) < 4.78 is 5.29. The molecule has 2 rings (SSSR count). The molecule has 0 aromatic heterocycles. The lowest BCUT2D eigenvalue weighted by atomic mass is 9.98. The van der Waals surface area contributed by atoms with E-state index in [-0.39, 0.29) is 5.91 Å². The van der Waals surface area contributed by atoms with Gasteiger partial charge in [0.2, 0.25) is 5.91 Å². The van der Waals surface area contributed by atoms with E-state index in [2.05, 4.69) is 16.7 Å². The van der Waals surface area contributed by atoms with Gasteiger partial charge in [-0.2, -0.15) is 0 Å². The highest BCUT2D eigenvalue weighted by Crippen LogP contribution is 2.24. The van der Waals surface area contributed by atoms with Crippen LogP contribution in [0.5, 0.6) is 0 Å². The Balaban J connectivity index is 2.09. The van der Waals surface area contributed by atoms with Crippen LogP contribution in [0.3, 0.4) is 0 Å². The lowest BCUT2D eigenvalue weighted by Gasteiger charge is -2.24. The predicted molar refractivity (Wildman–Crippen MR) is 76.2 cm³/mol. The van der Waals surface area contributed by atoms with E-state index >= 15 is 0 Å². The van der Waals surface area contributed by atoms with Gasteiger partial charge in [-0.05, 0) is 44.0 Å². The summed E-state index contributed by atoms with van der Waals surface area (Å²) in [6.45, 7) is 5.64. The second-order valence-corrected chi connectivity index (χ2v) is 5.56. The van der Waals surface area contributed by atoms with Gasteiger partial charge in [0.15, 0.2) is 0 Å². The monoisotopic (exact) mass is 262 g/mol. The summed E-state index contributed by atoms with van der Waals surface area (Å²) in [6, 6.07) is 6.09. The average molecular weight is 262 g/mol. The van der Waals surface area contributed by atoms with Crippen molar-refractivity contribution in [1.82, 2.24) is 5.32 Å². The van der Waals surface area contributed by atoms with E-state index in [0.29, 0.717) is 6.42 Å². The van der Waals surface area contributed by atoms with E-state index in [0.717, 1.165) is 25.2 Å². The average Bonchev–Trinajstić information content (AvgIpc) is 2.38. The first-order valence-electron chi connectivity index (χ1n) is 6.68. The van der Waals surface area contributed by atoms with Gasteiger partial charge in [0.05, 0.1) is 12.0 Å². The van der Waals surface area contributed by atoms with Crippen molar-refractivity contribution in [2.24, 2.45) is 0 Å². The van der Waals surface area contributed by atoms with Gasteiger partial charge in [0.1, 0.15) is 0 Å². The van der Waals surface area contributed by atoms with Crippen molar-refractivity contribution >= 4 is 11.6 Å². The van der Waals surface area contributed by atoms with Crippen LogP contribution < -0.4 is 10.6 Å². The van der Waals surface area contributed by atoms with Gasteiger partial charge >= 0.3 is 0 Å². The SMILES string of the molecule is COC(C)(C)CC(=O)Nc1cccc2c1CNCC2. The maximum absolute atomic E-state index is 12.1. The summed E-state index contributed by atoms with van der Waals surface area (Å²) in [6.07, 6.45) is 1.36.